The van der Waals surface area contributed by atoms with E-state index in [0.29, 0.717) is 19.3 Å². The van der Waals surface area contributed by atoms with Gasteiger partial charge in [0.25, 0.3) is 0 Å². The zero-order valence-electron chi connectivity index (χ0n) is 12.0. The molecule has 20 heavy (non-hydrogen) atoms. The second-order valence-electron chi connectivity index (χ2n) is 6.20. The minimum absolute atomic E-state index is 0.179. The molecule has 0 saturated carbocycles. The number of carbonyl (C=O) groups is 2. The second-order valence-corrected chi connectivity index (χ2v) is 6.20. The van der Waals surface area contributed by atoms with Gasteiger partial charge in [-0.3, -0.25) is 14.5 Å². The Morgan fingerprint density at radius 3 is 2.20 bits per heavy atom. The normalized spacial score (nSPS) is 20.1. The predicted molar refractivity (Wildman–Crippen MR) is 75.9 cm³/mol. The Labute approximate surface area is 119 Å². The summed E-state index contributed by atoms with van der Waals surface area (Å²) in [7, 11) is 0. The fourth-order valence-corrected chi connectivity index (χ4v) is 2.72. The van der Waals surface area contributed by atoms with Crippen LogP contribution in [0.5, 0.6) is 0 Å². The summed E-state index contributed by atoms with van der Waals surface area (Å²) in [6.45, 7) is 3.64. The number of amides is 2. The monoisotopic (exact) mass is 275 g/mol. The fourth-order valence-electron chi connectivity index (χ4n) is 2.72. The molecule has 2 amide bonds. The molecule has 1 N–H and O–H groups in total. The first-order chi connectivity index (χ1) is 9.43. The highest BCUT2D eigenvalue weighted by Crippen LogP contribution is 2.32. The van der Waals surface area contributed by atoms with Gasteiger partial charge in [-0.2, -0.15) is 0 Å². The molecule has 4 nitrogen and oxygen atoms in total. The molecule has 1 aliphatic heterocycles. The number of hydrogen-bond acceptors (Lipinski definition) is 3. The van der Waals surface area contributed by atoms with Crippen LogP contribution in [0.4, 0.5) is 0 Å². The molecule has 1 atom stereocenters. The molecule has 1 aromatic carbocycles. The van der Waals surface area contributed by atoms with Crippen molar-refractivity contribution in [1.29, 1.82) is 0 Å². The zero-order chi connectivity index (χ0) is 14.8. The van der Waals surface area contributed by atoms with Crippen molar-refractivity contribution in [3.63, 3.8) is 0 Å². The number of likely N-dealkylation sites (tertiary alicyclic amines) is 1. The largest absolute Gasteiger partial charge is 0.394 e. The topological polar surface area (TPSA) is 57.6 Å². The molecule has 108 valence electrons. The van der Waals surface area contributed by atoms with E-state index in [1.165, 1.54) is 4.90 Å². The summed E-state index contributed by atoms with van der Waals surface area (Å²) in [5.41, 5.74) is 0.731. The number of nitrogens with zero attached hydrogens (tertiary/aromatic N) is 1. The molecule has 0 aromatic heterocycles. The van der Waals surface area contributed by atoms with E-state index in [4.69, 9.17) is 0 Å². The molecule has 4 heteroatoms. The number of carbonyl (C=O) groups excluding carboxylic acids is 2. The highest BCUT2D eigenvalue weighted by atomic mass is 16.3. The van der Waals surface area contributed by atoms with E-state index in [1.807, 2.05) is 44.2 Å². The number of rotatable bonds is 4. The maximum absolute atomic E-state index is 12.2. The van der Waals surface area contributed by atoms with Gasteiger partial charge in [0.05, 0.1) is 12.6 Å². The SMILES string of the molecule is CC1(C)CC(=O)N(C(CO)Cc2ccccc2)C(=O)C1. The van der Waals surface area contributed by atoms with Crippen LogP contribution in [0.1, 0.15) is 32.3 Å². The maximum atomic E-state index is 12.2. The van der Waals surface area contributed by atoms with Crippen LogP contribution in [0.15, 0.2) is 30.3 Å². The molecule has 0 radical (unpaired) electrons. The van der Waals surface area contributed by atoms with Crippen LogP contribution < -0.4 is 0 Å². The number of piperidine rings is 1. The Morgan fingerprint density at radius 2 is 1.70 bits per heavy atom. The standard InChI is InChI=1S/C16H21NO3/c1-16(2)9-14(19)17(15(20)10-16)13(11-18)8-12-6-4-3-5-7-12/h3-7,13,18H,8-11H2,1-2H3. The van der Waals surface area contributed by atoms with Crippen molar-refractivity contribution < 1.29 is 14.7 Å². The van der Waals surface area contributed by atoms with E-state index < -0.39 is 6.04 Å². The summed E-state index contributed by atoms with van der Waals surface area (Å²) in [5, 5.41) is 9.56. The number of imide groups is 1. The van der Waals surface area contributed by atoms with Gasteiger partial charge >= 0.3 is 0 Å². The molecule has 1 aromatic rings. The molecule has 0 spiro atoms. The Balaban J connectivity index is 2.15. The first-order valence-electron chi connectivity index (χ1n) is 6.92. The summed E-state index contributed by atoms with van der Waals surface area (Å²) in [6.07, 6.45) is 1.20. The van der Waals surface area contributed by atoms with Crippen molar-refractivity contribution in [2.24, 2.45) is 5.41 Å². The summed E-state index contributed by atoms with van der Waals surface area (Å²) in [5.74, 6) is -0.359. The van der Waals surface area contributed by atoms with Gasteiger partial charge in [0.1, 0.15) is 0 Å². The highest BCUT2D eigenvalue weighted by Gasteiger charge is 2.40. The molecule has 1 aliphatic rings. The second kappa shape index (κ2) is 5.75. The van der Waals surface area contributed by atoms with E-state index in [2.05, 4.69) is 0 Å². The molecular weight excluding hydrogens is 254 g/mol. The van der Waals surface area contributed by atoms with Gasteiger partial charge in [0, 0.05) is 12.8 Å². The van der Waals surface area contributed by atoms with Gasteiger partial charge in [-0.05, 0) is 17.4 Å². The molecule has 2 rings (SSSR count). The van der Waals surface area contributed by atoms with Gasteiger partial charge < -0.3 is 5.11 Å². The molecule has 0 bridgehead atoms. The van der Waals surface area contributed by atoms with Crippen LogP contribution in [-0.4, -0.2) is 34.5 Å². The third-order valence-corrected chi connectivity index (χ3v) is 3.69. The van der Waals surface area contributed by atoms with Crippen molar-refractivity contribution in [2.75, 3.05) is 6.61 Å². The minimum atomic E-state index is -0.464. The Kier molecular flexibility index (Phi) is 4.23. The lowest BCUT2D eigenvalue weighted by atomic mass is 9.81. The average molecular weight is 275 g/mol. The van der Waals surface area contributed by atoms with Crippen LogP contribution in [0, 0.1) is 5.41 Å². The first kappa shape index (κ1) is 14.7. The van der Waals surface area contributed by atoms with Gasteiger partial charge in [-0.1, -0.05) is 44.2 Å². The van der Waals surface area contributed by atoms with Crippen LogP contribution in [0.3, 0.4) is 0 Å². The average Bonchev–Trinajstić information content (AvgIpc) is 2.36. The lowest BCUT2D eigenvalue weighted by molar-refractivity contribution is -0.156. The minimum Gasteiger partial charge on any atom is -0.394 e. The van der Waals surface area contributed by atoms with E-state index >= 15 is 0 Å². The van der Waals surface area contributed by atoms with E-state index in [0.717, 1.165) is 5.56 Å². The van der Waals surface area contributed by atoms with E-state index in [1.54, 1.807) is 0 Å². The third kappa shape index (κ3) is 3.25. The number of hydrogen-bond donors (Lipinski definition) is 1. The van der Waals surface area contributed by atoms with E-state index in [9.17, 15) is 14.7 Å². The molecule has 1 unspecified atom stereocenters. The van der Waals surface area contributed by atoms with Gasteiger partial charge in [0.2, 0.25) is 11.8 Å². The Morgan fingerprint density at radius 1 is 1.15 bits per heavy atom. The predicted octanol–water partition coefficient (Wildman–Crippen LogP) is 1.77. The van der Waals surface area contributed by atoms with Crippen LogP contribution in [0.25, 0.3) is 0 Å². The molecule has 1 fully saturated rings. The van der Waals surface area contributed by atoms with Crippen molar-refractivity contribution in [3.8, 4) is 0 Å². The summed E-state index contributed by atoms with van der Waals surface area (Å²) >= 11 is 0. The summed E-state index contributed by atoms with van der Waals surface area (Å²) in [4.78, 5) is 25.7. The van der Waals surface area contributed by atoms with E-state index in [-0.39, 0.29) is 23.8 Å². The summed E-state index contributed by atoms with van der Waals surface area (Å²) in [6, 6.07) is 9.14. The molecule has 1 heterocycles. The van der Waals surface area contributed by atoms with Gasteiger partial charge in [0.15, 0.2) is 0 Å². The molecule has 0 aliphatic carbocycles. The van der Waals surface area contributed by atoms with Crippen molar-refractivity contribution in [1.82, 2.24) is 4.90 Å². The third-order valence-electron chi connectivity index (χ3n) is 3.69. The van der Waals surface area contributed by atoms with Crippen LogP contribution in [-0.2, 0) is 16.0 Å². The smallest absolute Gasteiger partial charge is 0.230 e. The van der Waals surface area contributed by atoms with Crippen LogP contribution in [0.2, 0.25) is 0 Å². The maximum Gasteiger partial charge on any atom is 0.230 e. The Hall–Kier alpha value is -1.68. The number of benzene rings is 1. The lowest BCUT2D eigenvalue weighted by Crippen LogP contribution is -2.53. The Bertz CT molecular complexity index is 476. The summed E-state index contributed by atoms with van der Waals surface area (Å²) < 4.78 is 0. The number of aliphatic hydroxyl groups excluding tert-OH is 1. The van der Waals surface area contributed by atoms with Crippen molar-refractivity contribution in [2.45, 2.75) is 39.2 Å². The molecule has 1 saturated heterocycles. The van der Waals surface area contributed by atoms with Crippen molar-refractivity contribution >= 4 is 11.8 Å². The zero-order valence-corrected chi connectivity index (χ0v) is 12.0. The lowest BCUT2D eigenvalue weighted by Gasteiger charge is -2.38. The molecular formula is C16H21NO3. The first-order valence-corrected chi connectivity index (χ1v) is 6.92. The number of aliphatic hydroxyl groups is 1. The quantitative estimate of drug-likeness (QED) is 0.852. The van der Waals surface area contributed by atoms with Gasteiger partial charge in [-0.25, -0.2) is 0 Å². The fraction of sp³-hybridized carbons (Fsp3) is 0.500. The van der Waals surface area contributed by atoms with Crippen LogP contribution >= 0.6 is 0 Å². The van der Waals surface area contributed by atoms with Crippen molar-refractivity contribution in [3.05, 3.63) is 35.9 Å². The van der Waals surface area contributed by atoms with Gasteiger partial charge in [-0.15, -0.1) is 0 Å². The highest BCUT2D eigenvalue weighted by molar-refractivity contribution is 5.98.